The maximum atomic E-state index is 13.4. The fraction of sp³-hybridized carbons (Fsp3) is 0.333. The van der Waals surface area contributed by atoms with Crippen LogP contribution in [0.3, 0.4) is 0 Å². The lowest BCUT2D eigenvalue weighted by Gasteiger charge is -2.18. The molecule has 1 atom stereocenters. The molecule has 0 aliphatic carbocycles. The van der Waals surface area contributed by atoms with E-state index in [-0.39, 0.29) is 11.9 Å². The Morgan fingerprint density at radius 1 is 1.50 bits per heavy atom. The van der Waals surface area contributed by atoms with Gasteiger partial charge in [-0.2, -0.15) is 0 Å². The molecule has 0 bridgehead atoms. The number of aromatic nitrogens is 2. The number of nitrogens with one attached hydrogen (secondary N) is 1. The van der Waals surface area contributed by atoms with Gasteiger partial charge in [0.1, 0.15) is 11.6 Å². The minimum absolute atomic E-state index is 0.152. The van der Waals surface area contributed by atoms with E-state index in [1.54, 1.807) is 19.4 Å². The van der Waals surface area contributed by atoms with Crippen molar-refractivity contribution >= 4 is 11.5 Å². The van der Waals surface area contributed by atoms with Gasteiger partial charge in [-0.05, 0) is 36.3 Å². The fourth-order valence-electron chi connectivity index (χ4n) is 1.80. The SMILES string of the molecule is CCNC(c1cnns1)c1cc(F)ccc1OC. The van der Waals surface area contributed by atoms with E-state index in [4.69, 9.17) is 4.74 Å². The third kappa shape index (κ3) is 2.65. The predicted octanol–water partition coefficient (Wildman–Crippen LogP) is 2.38. The fourth-order valence-corrected chi connectivity index (χ4v) is 2.40. The molecule has 0 amide bonds. The molecule has 0 saturated heterocycles. The van der Waals surface area contributed by atoms with Crippen LogP contribution in [0, 0.1) is 5.82 Å². The van der Waals surface area contributed by atoms with Crippen molar-refractivity contribution in [1.82, 2.24) is 14.9 Å². The van der Waals surface area contributed by atoms with Gasteiger partial charge in [0.15, 0.2) is 0 Å². The second kappa shape index (κ2) is 5.88. The number of benzene rings is 1. The largest absolute Gasteiger partial charge is 0.496 e. The Balaban J connectivity index is 2.45. The lowest BCUT2D eigenvalue weighted by atomic mass is 10.0. The van der Waals surface area contributed by atoms with Gasteiger partial charge in [0, 0.05) is 5.56 Å². The highest BCUT2D eigenvalue weighted by Crippen LogP contribution is 2.31. The van der Waals surface area contributed by atoms with Crippen molar-refractivity contribution in [3.8, 4) is 5.75 Å². The van der Waals surface area contributed by atoms with Crippen LogP contribution in [0.4, 0.5) is 4.39 Å². The molecular formula is C12H14FN3OS. The molecule has 2 aromatic rings. The van der Waals surface area contributed by atoms with Gasteiger partial charge in [-0.3, -0.25) is 0 Å². The summed E-state index contributed by atoms with van der Waals surface area (Å²) in [6.07, 6.45) is 1.68. The minimum atomic E-state index is -0.286. The summed E-state index contributed by atoms with van der Waals surface area (Å²) in [5.74, 6) is 0.363. The van der Waals surface area contributed by atoms with Crippen LogP contribution in [0.1, 0.15) is 23.4 Å². The maximum Gasteiger partial charge on any atom is 0.124 e. The first-order valence-electron chi connectivity index (χ1n) is 5.60. The van der Waals surface area contributed by atoms with E-state index in [1.807, 2.05) is 6.92 Å². The third-order valence-corrected chi connectivity index (χ3v) is 3.30. The molecule has 4 nitrogen and oxygen atoms in total. The lowest BCUT2D eigenvalue weighted by Crippen LogP contribution is -2.21. The number of hydrogen-bond acceptors (Lipinski definition) is 5. The van der Waals surface area contributed by atoms with Gasteiger partial charge < -0.3 is 10.1 Å². The number of halogens is 1. The van der Waals surface area contributed by atoms with Crippen molar-refractivity contribution in [2.75, 3.05) is 13.7 Å². The van der Waals surface area contributed by atoms with Crippen molar-refractivity contribution in [2.24, 2.45) is 0 Å². The average molecular weight is 267 g/mol. The second-order valence-electron chi connectivity index (χ2n) is 3.70. The normalized spacial score (nSPS) is 12.4. The maximum absolute atomic E-state index is 13.4. The summed E-state index contributed by atoms with van der Waals surface area (Å²) in [6.45, 7) is 2.75. The van der Waals surface area contributed by atoms with Crippen LogP contribution < -0.4 is 10.1 Å². The van der Waals surface area contributed by atoms with E-state index in [2.05, 4.69) is 14.9 Å². The van der Waals surface area contributed by atoms with Crippen LogP contribution in [-0.4, -0.2) is 23.2 Å². The standard InChI is InChI=1S/C12H14FN3OS/c1-3-14-12(11-7-15-16-18-11)9-6-8(13)4-5-10(9)17-2/h4-7,12,14H,3H2,1-2H3. The second-order valence-corrected chi connectivity index (χ2v) is 4.51. The Morgan fingerprint density at radius 2 is 2.33 bits per heavy atom. The quantitative estimate of drug-likeness (QED) is 0.903. The summed E-state index contributed by atoms with van der Waals surface area (Å²) in [6, 6.07) is 4.34. The smallest absolute Gasteiger partial charge is 0.124 e. The molecule has 2 rings (SSSR count). The van der Waals surface area contributed by atoms with Crippen molar-refractivity contribution in [2.45, 2.75) is 13.0 Å². The van der Waals surface area contributed by atoms with E-state index < -0.39 is 0 Å². The topological polar surface area (TPSA) is 47.0 Å². The van der Waals surface area contributed by atoms with Crippen LogP contribution in [0.2, 0.25) is 0 Å². The van der Waals surface area contributed by atoms with Crippen molar-refractivity contribution in [1.29, 1.82) is 0 Å². The summed E-state index contributed by atoms with van der Waals surface area (Å²) in [5, 5.41) is 7.11. The molecule has 0 radical (unpaired) electrons. The lowest BCUT2D eigenvalue weighted by molar-refractivity contribution is 0.403. The Bertz CT molecular complexity index is 504. The molecule has 0 aliphatic rings. The molecule has 1 aromatic heterocycles. The summed E-state index contributed by atoms with van der Waals surface area (Å²) >= 11 is 1.29. The van der Waals surface area contributed by atoms with Gasteiger partial charge in [0.2, 0.25) is 0 Å². The Kier molecular flexibility index (Phi) is 4.22. The molecule has 18 heavy (non-hydrogen) atoms. The molecule has 1 heterocycles. The summed E-state index contributed by atoms with van der Waals surface area (Å²) < 4.78 is 22.5. The first-order valence-corrected chi connectivity index (χ1v) is 6.37. The van der Waals surface area contributed by atoms with Crippen molar-refractivity contribution < 1.29 is 9.13 Å². The van der Waals surface area contributed by atoms with E-state index >= 15 is 0 Å². The highest BCUT2D eigenvalue weighted by Gasteiger charge is 2.20. The van der Waals surface area contributed by atoms with E-state index in [0.717, 1.165) is 17.0 Å². The first-order chi connectivity index (χ1) is 8.76. The number of rotatable bonds is 5. The number of ether oxygens (including phenoxy) is 1. The highest BCUT2D eigenvalue weighted by molar-refractivity contribution is 7.05. The van der Waals surface area contributed by atoms with Gasteiger partial charge in [0.25, 0.3) is 0 Å². The van der Waals surface area contributed by atoms with Gasteiger partial charge in [-0.25, -0.2) is 4.39 Å². The highest BCUT2D eigenvalue weighted by atomic mass is 32.1. The molecule has 1 unspecified atom stereocenters. The van der Waals surface area contributed by atoms with Crippen LogP contribution in [0.15, 0.2) is 24.4 Å². The number of hydrogen-bond donors (Lipinski definition) is 1. The third-order valence-electron chi connectivity index (χ3n) is 2.57. The Morgan fingerprint density at radius 3 is 2.94 bits per heavy atom. The molecule has 96 valence electrons. The molecule has 0 fully saturated rings. The van der Waals surface area contributed by atoms with Gasteiger partial charge in [0.05, 0.1) is 24.2 Å². The molecule has 1 N–H and O–H groups in total. The summed E-state index contributed by atoms with van der Waals surface area (Å²) in [5.41, 5.74) is 0.755. The van der Waals surface area contributed by atoms with Crippen molar-refractivity contribution in [3.63, 3.8) is 0 Å². The first kappa shape index (κ1) is 12.9. The molecule has 6 heteroatoms. The van der Waals surface area contributed by atoms with Crippen LogP contribution in [-0.2, 0) is 0 Å². The summed E-state index contributed by atoms with van der Waals surface area (Å²) in [7, 11) is 1.57. The molecular weight excluding hydrogens is 253 g/mol. The van der Waals surface area contributed by atoms with E-state index in [9.17, 15) is 4.39 Å². The zero-order valence-corrected chi connectivity index (χ0v) is 11.0. The zero-order chi connectivity index (χ0) is 13.0. The number of nitrogens with zero attached hydrogens (tertiary/aromatic N) is 2. The number of methoxy groups -OCH3 is 1. The molecule has 0 aliphatic heterocycles. The molecule has 1 aromatic carbocycles. The van der Waals surface area contributed by atoms with Crippen LogP contribution >= 0.6 is 11.5 Å². The van der Waals surface area contributed by atoms with Gasteiger partial charge >= 0.3 is 0 Å². The van der Waals surface area contributed by atoms with E-state index in [0.29, 0.717) is 5.75 Å². The van der Waals surface area contributed by atoms with Crippen molar-refractivity contribution in [3.05, 3.63) is 40.7 Å². The predicted molar refractivity (Wildman–Crippen MR) is 68.4 cm³/mol. The Labute approximate surface area is 109 Å². The summed E-state index contributed by atoms with van der Waals surface area (Å²) in [4.78, 5) is 0.931. The Hall–Kier alpha value is -1.53. The van der Waals surface area contributed by atoms with E-state index in [1.165, 1.54) is 23.7 Å². The average Bonchev–Trinajstić information content (AvgIpc) is 2.89. The van der Waals surface area contributed by atoms with Crippen LogP contribution in [0.25, 0.3) is 0 Å². The van der Waals surface area contributed by atoms with Gasteiger partial charge in [-0.15, -0.1) is 5.10 Å². The monoisotopic (exact) mass is 267 g/mol. The zero-order valence-electron chi connectivity index (χ0n) is 10.2. The molecule has 0 saturated carbocycles. The van der Waals surface area contributed by atoms with Gasteiger partial charge in [-0.1, -0.05) is 11.4 Å². The molecule has 0 spiro atoms. The minimum Gasteiger partial charge on any atom is -0.496 e. The van der Waals surface area contributed by atoms with Crippen LogP contribution in [0.5, 0.6) is 5.75 Å².